The largest absolute Gasteiger partial charge is 0.389 e. The molecular weight excluding hydrogens is 310 g/mol. The summed E-state index contributed by atoms with van der Waals surface area (Å²) in [5.41, 5.74) is 1.70. The van der Waals surface area contributed by atoms with Crippen molar-refractivity contribution in [1.29, 1.82) is 0 Å². The normalized spacial score (nSPS) is 35.7. The second-order valence-corrected chi connectivity index (χ2v) is 9.13. The molecule has 2 atom stereocenters. The van der Waals surface area contributed by atoms with E-state index in [0.29, 0.717) is 18.6 Å². The quantitative estimate of drug-likeness (QED) is 0.751. The van der Waals surface area contributed by atoms with Crippen LogP contribution in [0, 0.1) is 23.2 Å². The first-order valence-corrected chi connectivity index (χ1v) is 10.2. The molecule has 4 fully saturated rings. The van der Waals surface area contributed by atoms with E-state index in [2.05, 4.69) is 36.5 Å². The van der Waals surface area contributed by atoms with Gasteiger partial charge in [-0.15, -0.1) is 0 Å². The van der Waals surface area contributed by atoms with Crippen LogP contribution in [0.5, 0.6) is 0 Å². The van der Waals surface area contributed by atoms with Gasteiger partial charge in [0.1, 0.15) is 0 Å². The summed E-state index contributed by atoms with van der Waals surface area (Å²) < 4.78 is 6.03. The summed E-state index contributed by atoms with van der Waals surface area (Å²) in [4.78, 5) is 0. The van der Waals surface area contributed by atoms with Crippen LogP contribution in [0.15, 0.2) is 30.3 Å². The topological polar surface area (TPSA) is 41.5 Å². The van der Waals surface area contributed by atoms with Gasteiger partial charge in [0.25, 0.3) is 0 Å². The number of ether oxygens (including phenoxy) is 1. The molecule has 25 heavy (non-hydrogen) atoms. The second-order valence-electron chi connectivity index (χ2n) is 9.13. The van der Waals surface area contributed by atoms with E-state index in [-0.39, 0.29) is 6.04 Å². The Kier molecular flexibility index (Phi) is 5.17. The van der Waals surface area contributed by atoms with Gasteiger partial charge in [-0.1, -0.05) is 30.3 Å². The summed E-state index contributed by atoms with van der Waals surface area (Å²) in [5.74, 6) is 2.90. The third-order valence-corrected chi connectivity index (χ3v) is 6.84. The van der Waals surface area contributed by atoms with Crippen LogP contribution >= 0.6 is 0 Å². The molecule has 4 bridgehead atoms. The summed E-state index contributed by atoms with van der Waals surface area (Å²) in [7, 11) is 0. The summed E-state index contributed by atoms with van der Waals surface area (Å²) in [5, 5.41) is 13.7. The van der Waals surface area contributed by atoms with E-state index in [0.717, 1.165) is 24.4 Å². The van der Waals surface area contributed by atoms with Gasteiger partial charge in [0.15, 0.2) is 0 Å². The van der Waals surface area contributed by atoms with Gasteiger partial charge in [-0.25, -0.2) is 0 Å². The van der Waals surface area contributed by atoms with Crippen molar-refractivity contribution >= 4 is 0 Å². The van der Waals surface area contributed by atoms with Crippen LogP contribution in [0.4, 0.5) is 0 Å². The van der Waals surface area contributed by atoms with Crippen molar-refractivity contribution in [2.75, 3.05) is 19.8 Å². The molecule has 1 aromatic rings. The zero-order chi connectivity index (χ0) is 17.3. The summed E-state index contributed by atoms with van der Waals surface area (Å²) in [6, 6.07) is 10.6. The number of benzene rings is 1. The highest BCUT2D eigenvalue weighted by Gasteiger charge is 2.50. The SMILES string of the molecule is C[C@H](NC[C@@H](O)COCC12CC3CC(CC(C3)C1)C2)c1ccccc1. The molecule has 0 unspecified atom stereocenters. The van der Waals surface area contributed by atoms with E-state index < -0.39 is 6.10 Å². The molecule has 4 saturated carbocycles. The lowest BCUT2D eigenvalue weighted by Crippen LogP contribution is -2.48. The molecule has 0 radical (unpaired) electrons. The molecule has 0 spiro atoms. The fourth-order valence-electron chi connectivity index (χ4n) is 6.11. The standard InChI is InChI=1S/C22H33NO2/c1-16(20-5-3-2-4-6-20)23-13-21(24)14-25-15-22-10-17-7-18(11-22)9-19(8-17)12-22/h2-6,16-19,21,23-24H,7-15H2,1H3/t16-,17?,18?,19?,21+,22?/m0/s1. The lowest BCUT2D eigenvalue weighted by Gasteiger charge is -2.56. The predicted octanol–water partition coefficient (Wildman–Crippen LogP) is 3.93. The number of aliphatic hydroxyl groups is 1. The van der Waals surface area contributed by atoms with Crippen molar-refractivity contribution < 1.29 is 9.84 Å². The first-order valence-electron chi connectivity index (χ1n) is 10.2. The molecule has 3 nitrogen and oxygen atoms in total. The monoisotopic (exact) mass is 343 g/mol. The first kappa shape index (κ1) is 17.5. The highest BCUT2D eigenvalue weighted by Crippen LogP contribution is 2.60. The number of hydrogen-bond acceptors (Lipinski definition) is 3. The zero-order valence-electron chi connectivity index (χ0n) is 15.5. The van der Waals surface area contributed by atoms with Gasteiger partial charge in [-0.3, -0.25) is 0 Å². The van der Waals surface area contributed by atoms with E-state index >= 15 is 0 Å². The average Bonchev–Trinajstić information content (AvgIpc) is 2.59. The summed E-state index contributed by atoms with van der Waals surface area (Å²) >= 11 is 0. The molecule has 138 valence electrons. The van der Waals surface area contributed by atoms with E-state index in [1.165, 1.54) is 44.1 Å². The van der Waals surface area contributed by atoms with E-state index in [1.807, 2.05) is 6.07 Å². The molecule has 0 heterocycles. The Hall–Kier alpha value is -0.900. The van der Waals surface area contributed by atoms with Crippen molar-refractivity contribution in [2.24, 2.45) is 23.2 Å². The minimum atomic E-state index is -0.430. The van der Waals surface area contributed by atoms with E-state index in [4.69, 9.17) is 4.74 Å². The van der Waals surface area contributed by atoms with Crippen LogP contribution in [0.2, 0.25) is 0 Å². The average molecular weight is 344 g/mol. The van der Waals surface area contributed by atoms with Gasteiger partial charge < -0.3 is 15.2 Å². The third-order valence-electron chi connectivity index (χ3n) is 6.84. The maximum absolute atomic E-state index is 10.3. The number of rotatable bonds is 8. The molecule has 0 amide bonds. The molecule has 2 N–H and O–H groups in total. The van der Waals surface area contributed by atoms with Gasteiger partial charge in [0, 0.05) is 12.6 Å². The molecule has 1 aromatic carbocycles. The Bertz CT molecular complexity index is 523. The van der Waals surface area contributed by atoms with Crippen LogP contribution in [-0.4, -0.2) is 31.0 Å². The Morgan fingerprint density at radius 1 is 1.08 bits per heavy atom. The minimum Gasteiger partial charge on any atom is -0.389 e. The van der Waals surface area contributed by atoms with E-state index in [9.17, 15) is 5.11 Å². The molecule has 5 rings (SSSR count). The zero-order valence-corrected chi connectivity index (χ0v) is 15.5. The van der Waals surface area contributed by atoms with E-state index in [1.54, 1.807) is 0 Å². The molecule has 3 heteroatoms. The van der Waals surface area contributed by atoms with Gasteiger partial charge in [0.2, 0.25) is 0 Å². The van der Waals surface area contributed by atoms with Crippen molar-refractivity contribution in [2.45, 2.75) is 57.6 Å². The Labute approximate surface area is 152 Å². The highest BCUT2D eigenvalue weighted by atomic mass is 16.5. The predicted molar refractivity (Wildman–Crippen MR) is 100 cm³/mol. The second kappa shape index (κ2) is 7.38. The van der Waals surface area contributed by atoms with Crippen LogP contribution in [-0.2, 0) is 4.74 Å². The Balaban J connectivity index is 1.19. The highest BCUT2D eigenvalue weighted by molar-refractivity contribution is 5.18. The van der Waals surface area contributed by atoms with Gasteiger partial charge in [0.05, 0.1) is 19.3 Å². The number of hydrogen-bond donors (Lipinski definition) is 2. The maximum atomic E-state index is 10.3. The molecule has 0 aliphatic heterocycles. The number of nitrogens with one attached hydrogen (secondary N) is 1. The Morgan fingerprint density at radius 3 is 2.28 bits per heavy atom. The third kappa shape index (κ3) is 4.10. The molecule has 0 saturated heterocycles. The lowest BCUT2D eigenvalue weighted by molar-refractivity contribution is -0.105. The van der Waals surface area contributed by atoms with Crippen molar-refractivity contribution in [1.82, 2.24) is 5.32 Å². The summed E-state index contributed by atoms with van der Waals surface area (Å²) in [6.45, 7) is 4.04. The first-order chi connectivity index (χ1) is 12.1. The van der Waals surface area contributed by atoms with Gasteiger partial charge in [-0.2, -0.15) is 0 Å². The van der Waals surface area contributed by atoms with Crippen molar-refractivity contribution in [3.05, 3.63) is 35.9 Å². The lowest BCUT2D eigenvalue weighted by atomic mass is 9.50. The Morgan fingerprint density at radius 2 is 1.68 bits per heavy atom. The smallest absolute Gasteiger partial charge is 0.0897 e. The van der Waals surface area contributed by atoms with Crippen molar-refractivity contribution in [3.8, 4) is 0 Å². The summed E-state index contributed by atoms with van der Waals surface area (Å²) in [6.07, 6.45) is 8.12. The molecule has 4 aliphatic rings. The van der Waals surface area contributed by atoms with Crippen LogP contribution in [0.1, 0.15) is 57.1 Å². The van der Waals surface area contributed by atoms with Crippen LogP contribution in [0.25, 0.3) is 0 Å². The number of aliphatic hydroxyl groups excluding tert-OH is 1. The molecule has 0 aromatic heterocycles. The fraction of sp³-hybridized carbons (Fsp3) is 0.727. The van der Waals surface area contributed by atoms with Gasteiger partial charge >= 0.3 is 0 Å². The van der Waals surface area contributed by atoms with Crippen LogP contribution in [0.3, 0.4) is 0 Å². The van der Waals surface area contributed by atoms with Crippen molar-refractivity contribution in [3.63, 3.8) is 0 Å². The van der Waals surface area contributed by atoms with Crippen LogP contribution < -0.4 is 5.32 Å². The molecule has 4 aliphatic carbocycles. The fourth-order valence-corrected chi connectivity index (χ4v) is 6.11. The van der Waals surface area contributed by atoms with Gasteiger partial charge in [-0.05, 0) is 74.2 Å². The minimum absolute atomic E-state index is 0.249. The molecular formula is C22H33NO2. The maximum Gasteiger partial charge on any atom is 0.0897 e.